The number of hydrogen-bond acceptors (Lipinski definition) is 2. The maximum atomic E-state index is 12.9. The molecule has 88 valence electrons. The molecule has 1 aromatic heterocycles. The van der Waals surface area contributed by atoms with Gasteiger partial charge in [-0.2, -0.15) is 11.3 Å². The van der Waals surface area contributed by atoms with Gasteiger partial charge in [0.15, 0.2) is 0 Å². The third-order valence-corrected chi connectivity index (χ3v) is 3.29. The monoisotopic (exact) mass is 248 g/mol. The third kappa shape index (κ3) is 3.79. The van der Waals surface area contributed by atoms with E-state index in [1.165, 1.54) is 17.7 Å². The Kier molecular flexibility index (Phi) is 4.04. The minimum absolute atomic E-state index is 0.154. The lowest BCUT2D eigenvalue weighted by Crippen LogP contribution is -2.04. The van der Waals surface area contributed by atoms with Crippen molar-refractivity contribution in [1.82, 2.24) is 0 Å². The van der Waals surface area contributed by atoms with Gasteiger partial charge in [-0.3, -0.25) is 4.79 Å². The fourth-order valence-corrected chi connectivity index (χ4v) is 2.38. The summed E-state index contributed by atoms with van der Waals surface area (Å²) < 4.78 is 12.9. The van der Waals surface area contributed by atoms with Crippen molar-refractivity contribution >= 4 is 17.1 Å². The van der Waals surface area contributed by atoms with Crippen LogP contribution in [0.4, 0.5) is 4.39 Å². The average Bonchev–Trinajstić information content (AvgIpc) is 2.79. The number of thiophene rings is 1. The van der Waals surface area contributed by atoms with Crippen molar-refractivity contribution in [3.05, 3.63) is 58.0 Å². The normalized spacial score (nSPS) is 10.4. The molecule has 17 heavy (non-hydrogen) atoms. The van der Waals surface area contributed by atoms with Gasteiger partial charge in [0.25, 0.3) is 0 Å². The van der Waals surface area contributed by atoms with Crippen LogP contribution in [-0.2, 0) is 17.6 Å². The maximum absolute atomic E-state index is 12.9. The van der Waals surface area contributed by atoms with Crippen molar-refractivity contribution in [3.63, 3.8) is 0 Å². The fourth-order valence-electron chi connectivity index (χ4n) is 1.68. The smallest absolute Gasteiger partial charge is 0.137 e. The summed E-state index contributed by atoms with van der Waals surface area (Å²) in [6, 6.07) is 8.25. The van der Waals surface area contributed by atoms with E-state index in [1.807, 2.05) is 11.4 Å². The van der Waals surface area contributed by atoms with Crippen molar-refractivity contribution in [1.29, 1.82) is 0 Å². The molecule has 0 radical (unpaired) electrons. The molecule has 0 bridgehead atoms. The van der Waals surface area contributed by atoms with Crippen molar-refractivity contribution in [2.75, 3.05) is 0 Å². The van der Waals surface area contributed by atoms with Gasteiger partial charge in [0.1, 0.15) is 11.6 Å². The molecule has 0 spiro atoms. The molecule has 2 rings (SSSR count). The molecular weight excluding hydrogens is 235 g/mol. The highest BCUT2D eigenvalue weighted by molar-refractivity contribution is 7.07. The molecule has 0 unspecified atom stereocenters. The quantitative estimate of drug-likeness (QED) is 0.789. The molecule has 3 heteroatoms. The van der Waals surface area contributed by atoms with E-state index in [1.54, 1.807) is 23.5 Å². The van der Waals surface area contributed by atoms with Crippen LogP contribution in [0.15, 0.2) is 41.1 Å². The SMILES string of the molecule is O=C(CCc1ccsc1)Cc1cccc(F)c1. The number of carbonyl (C=O) groups is 1. The van der Waals surface area contributed by atoms with E-state index in [0.29, 0.717) is 12.8 Å². The lowest BCUT2D eigenvalue weighted by Gasteiger charge is -2.01. The molecule has 0 aliphatic heterocycles. The molecule has 1 heterocycles. The van der Waals surface area contributed by atoms with Crippen LogP contribution in [0.1, 0.15) is 17.5 Å². The van der Waals surface area contributed by atoms with Crippen LogP contribution in [-0.4, -0.2) is 5.78 Å². The van der Waals surface area contributed by atoms with Crippen LogP contribution >= 0.6 is 11.3 Å². The zero-order valence-electron chi connectivity index (χ0n) is 9.36. The van der Waals surface area contributed by atoms with Gasteiger partial charge in [-0.25, -0.2) is 4.39 Å². The highest BCUT2D eigenvalue weighted by Crippen LogP contribution is 2.10. The summed E-state index contributed by atoms with van der Waals surface area (Å²) in [5.41, 5.74) is 1.95. The molecule has 0 amide bonds. The van der Waals surface area contributed by atoms with Gasteiger partial charge in [-0.1, -0.05) is 12.1 Å². The number of aryl methyl sites for hydroxylation is 1. The molecule has 1 nitrogen and oxygen atoms in total. The van der Waals surface area contributed by atoms with Gasteiger partial charge in [0.2, 0.25) is 0 Å². The summed E-state index contributed by atoms with van der Waals surface area (Å²) in [6.45, 7) is 0. The lowest BCUT2D eigenvalue weighted by atomic mass is 10.0. The Bertz CT molecular complexity index is 491. The van der Waals surface area contributed by atoms with Gasteiger partial charge < -0.3 is 0 Å². The summed E-state index contributed by atoms with van der Waals surface area (Å²) in [7, 11) is 0. The van der Waals surface area contributed by atoms with E-state index in [0.717, 1.165) is 12.0 Å². The van der Waals surface area contributed by atoms with Gasteiger partial charge >= 0.3 is 0 Å². The predicted octanol–water partition coefficient (Wildman–Crippen LogP) is 3.63. The van der Waals surface area contributed by atoms with Crippen LogP contribution < -0.4 is 0 Å². The minimum Gasteiger partial charge on any atom is -0.299 e. The van der Waals surface area contributed by atoms with Crippen LogP contribution in [0, 0.1) is 5.82 Å². The van der Waals surface area contributed by atoms with E-state index in [2.05, 4.69) is 5.38 Å². The largest absolute Gasteiger partial charge is 0.299 e. The van der Waals surface area contributed by atoms with E-state index >= 15 is 0 Å². The second-order valence-electron chi connectivity index (χ2n) is 3.98. The average molecular weight is 248 g/mol. The second kappa shape index (κ2) is 5.73. The molecule has 0 fully saturated rings. The molecule has 0 saturated carbocycles. The molecule has 1 aromatic carbocycles. The zero-order chi connectivity index (χ0) is 12.1. The Hall–Kier alpha value is -1.48. The Morgan fingerprint density at radius 2 is 2.12 bits per heavy atom. The highest BCUT2D eigenvalue weighted by Gasteiger charge is 2.05. The second-order valence-corrected chi connectivity index (χ2v) is 4.76. The molecule has 2 aromatic rings. The molecule has 0 aliphatic rings. The number of rotatable bonds is 5. The number of benzene rings is 1. The van der Waals surface area contributed by atoms with Crippen molar-refractivity contribution in [3.8, 4) is 0 Å². The Morgan fingerprint density at radius 3 is 2.82 bits per heavy atom. The molecule has 0 saturated heterocycles. The number of carbonyl (C=O) groups excluding carboxylic acids is 1. The van der Waals surface area contributed by atoms with Gasteiger partial charge in [0, 0.05) is 12.8 Å². The summed E-state index contributed by atoms with van der Waals surface area (Å²) >= 11 is 1.64. The summed E-state index contributed by atoms with van der Waals surface area (Å²) in [5, 5.41) is 4.06. The number of Topliss-reactive ketones (excluding diaryl/α,β-unsaturated/α-hetero) is 1. The maximum Gasteiger partial charge on any atom is 0.137 e. The van der Waals surface area contributed by atoms with Gasteiger partial charge in [0.05, 0.1) is 0 Å². The van der Waals surface area contributed by atoms with E-state index in [4.69, 9.17) is 0 Å². The highest BCUT2D eigenvalue weighted by atomic mass is 32.1. The number of ketones is 1. The van der Waals surface area contributed by atoms with E-state index < -0.39 is 0 Å². The summed E-state index contributed by atoms with van der Waals surface area (Å²) in [4.78, 5) is 11.7. The minimum atomic E-state index is -0.284. The van der Waals surface area contributed by atoms with Crippen LogP contribution in [0.5, 0.6) is 0 Å². The lowest BCUT2D eigenvalue weighted by molar-refractivity contribution is -0.118. The molecule has 0 aliphatic carbocycles. The first-order valence-electron chi connectivity index (χ1n) is 5.51. The van der Waals surface area contributed by atoms with Crippen molar-refractivity contribution < 1.29 is 9.18 Å². The Morgan fingerprint density at radius 1 is 1.24 bits per heavy atom. The molecule has 0 N–H and O–H groups in total. The van der Waals surface area contributed by atoms with Crippen LogP contribution in [0.3, 0.4) is 0 Å². The standard InChI is InChI=1S/C14H13FOS/c15-13-3-1-2-12(8-13)9-14(16)5-4-11-6-7-17-10-11/h1-3,6-8,10H,4-5,9H2. The predicted molar refractivity (Wildman–Crippen MR) is 67.8 cm³/mol. The molecule has 0 atom stereocenters. The zero-order valence-corrected chi connectivity index (χ0v) is 10.2. The first-order chi connectivity index (χ1) is 8.24. The number of hydrogen-bond donors (Lipinski definition) is 0. The molecular formula is C14H13FOS. The first kappa shape index (κ1) is 12.0. The van der Waals surface area contributed by atoms with Crippen molar-refractivity contribution in [2.45, 2.75) is 19.3 Å². The Balaban J connectivity index is 1.85. The Labute approximate surface area is 104 Å². The third-order valence-electron chi connectivity index (χ3n) is 2.56. The topological polar surface area (TPSA) is 17.1 Å². The fraction of sp³-hybridized carbons (Fsp3) is 0.214. The number of halogens is 1. The van der Waals surface area contributed by atoms with Crippen LogP contribution in [0.25, 0.3) is 0 Å². The van der Waals surface area contributed by atoms with E-state index in [-0.39, 0.29) is 11.6 Å². The van der Waals surface area contributed by atoms with Crippen molar-refractivity contribution in [2.24, 2.45) is 0 Å². The summed E-state index contributed by atoms with van der Waals surface area (Å²) in [5.74, 6) is -0.130. The first-order valence-corrected chi connectivity index (χ1v) is 6.45. The van der Waals surface area contributed by atoms with Crippen LogP contribution in [0.2, 0.25) is 0 Å². The van der Waals surface area contributed by atoms with Gasteiger partial charge in [-0.15, -0.1) is 0 Å². The van der Waals surface area contributed by atoms with Gasteiger partial charge in [-0.05, 0) is 46.5 Å². The van der Waals surface area contributed by atoms with E-state index in [9.17, 15) is 9.18 Å². The summed E-state index contributed by atoms with van der Waals surface area (Å²) in [6.07, 6.45) is 1.62.